The van der Waals surface area contributed by atoms with Crippen LogP contribution in [0.1, 0.15) is 33.3 Å². The summed E-state index contributed by atoms with van der Waals surface area (Å²) < 4.78 is 21.5. The number of aromatic nitrogens is 1. The highest BCUT2D eigenvalue weighted by Gasteiger charge is 2.15. The van der Waals surface area contributed by atoms with Crippen molar-refractivity contribution in [1.82, 2.24) is 5.16 Å². The van der Waals surface area contributed by atoms with Crippen LogP contribution in [0.5, 0.6) is 11.5 Å². The minimum atomic E-state index is -0.565. The Hall–Kier alpha value is -3.84. The van der Waals surface area contributed by atoms with E-state index >= 15 is 0 Å². The molecular weight excluding hydrogens is 434 g/mol. The molecule has 0 unspecified atom stereocenters. The standard InChI is InChI=1S/C24H18ClNO6/c1-2-29-23(27)15-7-9-16(10-8-15)30-14-21-19-12-11-17(13-22(19)32-26-21)31-24(28)18-5-3-4-6-20(18)25/h3-13H,2,14H2,1H3. The second kappa shape index (κ2) is 9.53. The van der Waals surface area contributed by atoms with Crippen molar-refractivity contribution in [2.45, 2.75) is 13.5 Å². The molecule has 0 radical (unpaired) electrons. The Labute approximate surface area is 188 Å². The fraction of sp³-hybridized carbons (Fsp3) is 0.125. The second-order valence-corrected chi connectivity index (χ2v) is 7.10. The van der Waals surface area contributed by atoms with Gasteiger partial charge in [0, 0.05) is 11.5 Å². The molecule has 4 aromatic rings. The predicted molar refractivity (Wildman–Crippen MR) is 117 cm³/mol. The lowest BCUT2D eigenvalue weighted by molar-refractivity contribution is 0.0526. The van der Waals surface area contributed by atoms with Crippen LogP contribution in [0, 0.1) is 0 Å². The topological polar surface area (TPSA) is 87.9 Å². The smallest absolute Gasteiger partial charge is 0.345 e. The molecule has 8 heteroatoms. The number of ether oxygens (including phenoxy) is 3. The lowest BCUT2D eigenvalue weighted by Crippen LogP contribution is -2.08. The first-order valence-corrected chi connectivity index (χ1v) is 10.2. The molecule has 0 amide bonds. The first kappa shape index (κ1) is 21.4. The molecule has 0 bridgehead atoms. The zero-order chi connectivity index (χ0) is 22.5. The van der Waals surface area contributed by atoms with Crippen LogP contribution in [0.3, 0.4) is 0 Å². The molecule has 0 fully saturated rings. The van der Waals surface area contributed by atoms with Crippen LogP contribution in [-0.2, 0) is 11.3 Å². The molecule has 0 N–H and O–H groups in total. The van der Waals surface area contributed by atoms with Crippen molar-refractivity contribution in [2.75, 3.05) is 6.61 Å². The fourth-order valence-electron chi connectivity index (χ4n) is 2.98. The first-order chi connectivity index (χ1) is 15.5. The van der Waals surface area contributed by atoms with Gasteiger partial charge in [-0.3, -0.25) is 0 Å². The summed E-state index contributed by atoms with van der Waals surface area (Å²) >= 11 is 6.04. The van der Waals surface area contributed by atoms with Crippen LogP contribution < -0.4 is 9.47 Å². The molecule has 0 aliphatic heterocycles. The van der Waals surface area contributed by atoms with Crippen LogP contribution in [0.25, 0.3) is 11.0 Å². The van der Waals surface area contributed by atoms with Gasteiger partial charge in [0.25, 0.3) is 0 Å². The van der Waals surface area contributed by atoms with Gasteiger partial charge in [0.1, 0.15) is 23.8 Å². The predicted octanol–water partition coefficient (Wildman–Crippen LogP) is 5.46. The number of fused-ring (bicyclic) bond motifs is 1. The summed E-state index contributed by atoms with van der Waals surface area (Å²) in [6.45, 7) is 2.23. The average Bonchev–Trinajstić information content (AvgIpc) is 3.20. The Kier molecular flexibility index (Phi) is 6.37. The Balaban J connectivity index is 1.42. The molecular formula is C24H18ClNO6. The van der Waals surface area contributed by atoms with Gasteiger partial charge >= 0.3 is 11.9 Å². The zero-order valence-corrected chi connectivity index (χ0v) is 17.8. The van der Waals surface area contributed by atoms with Crippen LogP contribution in [-0.4, -0.2) is 23.7 Å². The van der Waals surface area contributed by atoms with E-state index in [1.54, 1.807) is 73.7 Å². The average molecular weight is 452 g/mol. The van der Waals surface area contributed by atoms with Crippen molar-refractivity contribution in [3.63, 3.8) is 0 Å². The van der Waals surface area contributed by atoms with Crippen molar-refractivity contribution < 1.29 is 28.3 Å². The summed E-state index contributed by atoms with van der Waals surface area (Å²) in [7, 11) is 0. The van der Waals surface area contributed by atoms with Gasteiger partial charge in [-0.05, 0) is 55.5 Å². The maximum absolute atomic E-state index is 12.3. The van der Waals surface area contributed by atoms with Crippen molar-refractivity contribution in [1.29, 1.82) is 0 Å². The van der Waals surface area contributed by atoms with Crippen LogP contribution in [0.2, 0.25) is 5.02 Å². The molecule has 7 nitrogen and oxygen atoms in total. The molecule has 0 aliphatic carbocycles. The van der Waals surface area contributed by atoms with Gasteiger partial charge in [-0.2, -0.15) is 0 Å². The molecule has 0 spiro atoms. The highest BCUT2D eigenvalue weighted by Crippen LogP contribution is 2.26. The van der Waals surface area contributed by atoms with E-state index in [9.17, 15) is 9.59 Å². The minimum absolute atomic E-state index is 0.157. The van der Waals surface area contributed by atoms with E-state index in [1.807, 2.05) is 0 Å². The molecule has 1 aromatic heterocycles. The SMILES string of the molecule is CCOC(=O)c1ccc(OCc2noc3cc(OC(=O)c4ccccc4Cl)ccc23)cc1. The highest BCUT2D eigenvalue weighted by atomic mass is 35.5. The van der Waals surface area contributed by atoms with E-state index in [1.165, 1.54) is 0 Å². The van der Waals surface area contributed by atoms with Crippen LogP contribution >= 0.6 is 11.6 Å². The minimum Gasteiger partial charge on any atom is -0.487 e. The maximum Gasteiger partial charge on any atom is 0.345 e. The summed E-state index contributed by atoms with van der Waals surface area (Å²) in [4.78, 5) is 24.1. The summed E-state index contributed by atoms with van der Waals surface area (Å²) in [6.07, 6.45) is 0. The van der Waals surface area contributed by atoms with Crippen molar-refractivity contribution in [3.05, 3.63) is 88.6 Å². The van der Waals surface area contributed by atoms with Gasteiger partial charge in [-0.15, -0.1) is 0 Å². The lowest BCUT2D eigenvalue weighted by Gasteiger charge is -2.06. The van der Waals surface area contributed by atoms with E-state index in [4.69, 9.17) is 30.3 Å². The Morgan fingerprint density at radius 2 is 1.72 bits per heavy atom. The maximum atomic E-state index is 12.3. The zero-order valence-electron chi connectivity index (χ0n) is 17.0. The van der Waals surface area contributed by atoms with Gasteiger partial charge in [-0.25, -0.2) is 9.59 Å². The summed E-state index contributed by atoms with van der Waals surface area (Å²) in [5.41, 5.74) is 1.75. The number of hydrogen-bond acceptors (Lipinski definition) is 7. The van der Waals surface area contributed by atoms with Crippen molar-refractivity contribution >= 4 is 34.5 Å². The van der Waals surface area contributed by atoms with E-state index < -0.39 is 5.97 Å². The first-order valence-electron chi connectivity index (χ1n) is 9.80. The molecule has 0 atom stereocenters. The third kappa shape index (κ3) is 4.73. The Morgan fingerprint density at radius 3 is 2.47 bits per heavy atom. The van der Waals surface area contributed by atoms with Crippen LogP contribution in [0.15, 0.2) is 71.3 Å². The van der Waals surface area contributed by atoms with Crippen LogP contribution in [0.4, 0.5) is 0 Å². The Bertz CT molecular complexity index is 1270. The molecule has 0 aliphatic rings. The molecule has 0 saturated carbocycles. The van der Waals surface area contributed by atoms with Gasteiger partial charge in [0.05, 0.1) is 22.8 Å². The third-order valence-electron chi connectivity index (χ3n) is 4.56. The monoisotopic (exact) mass is 451 g/mol. The fourth-order valence-corrected chi connectivity index (χ4v) is 3.19. The number of rotatable bonds is 7. The largest absolute Gasteiger partial charge is 0.487 e. The number of benzene rings is 3. The molecule has 3 aromatic carbocycles. The second-order valence-electron chi connectivity index (χ2n) is 6.69. The Morgan fingerprint density at radius 1 is 0.969 bits per heavy atom. The number of carbonyl (C=O) groups excluding carboxylic acids is 2. The van der Waals surface area contributed by atoms with E-state index in [-0.39, 0.29) is 18.1 Å². The number of nitrogens with zero attached hydrogens (tertiary/aromatic N) is 1. The van der Waals surface area contributed by atoms with Gasteiger partial charge in [0.15, 0.2) is 5.58 Å². The molecule has 4 rings (SSSR count). The van der Waals surface area contributed by atoms with E-state index in [0.717, 1.165) is 5.39 Å². The number of hydrogen-bond donors (Lipinski definition) is 0. The van der Waals surface area contributed by atoms with E-state index in [2.05, 4.69) is 5.16 Å². The van der Waals surface area contributed by atoms with Crippen molar-refractivity contribution in [3.8, 4) is 11.5 Å². The van der Waals surface area contributed by atoms with Gasteiger partial charge < -0.3 is 18.7 Å². The van der Waals surface area contributed by atoms with Crippen molar-refractivity contribution in [2.24, 2.45) is 0 Å². The molecule has 1 heterocycles. The highest BCUT2D eigenvalue weighted by molar-refractivity contribution is 6.33. The summed E-state index contributed by atoms with van der Waals surface area (Å²) in [6, 6.07) is 18.2. The number of esters is 2. The molecule has 162 valence electrons. The van der Waals surface area contributed by atoms with E-state index in [0.29, 0.717) is 40.0 Å². The molecule has 0 saturated heterocycles. The lowest BCUT2D eigenvalue weighted by atomic mass is 10.2. The number of carbonyl (C=O) groups is 2. The van der Waals surface area contributed by atoms with Gasteiger partial charge in [-0.1, -0.05) is 28.9 Å². The summed E-state index contributed by atoms with van der Waals surface area (Å²) in [5, 5.41) is 5.08. The summed E-state index contributed by atoms with van der Waals surface area (Å²) in [5.74, 6) is -0.0723. The quantitative estimate of drug-likeness (QED) is 0.272. The molecule has 32 heavy (non-hydrogen) atoms. The van der Waals surface area contributed by atoms with Gasteiger partial charge in [0.2, 0.25) is 0 Å². The number of halogens is 1. The normalized spacial score (nSPS) is 10.7. The third-order valence-corrected chi connectivity index (χ3v) is 4.89.